The third kappa shape index (κ3) is 12.4. The molecule has 0 atom stereocenters. The van der Waals surface area contributed by atoms with Crippen molar-refractivity contribution in [3.05, 3.63) is 12.2 Å². The molecule has 0 saturated carbocycles. The van der Waals surface area contributed by atoms with Crippen LogP contribution in [0.5, 0.6) is 0 Å². The minimum atomic E-state index is -1.32. The molecule has 2 N–H and O–H groups in total. The van der Waals surface area contributed by atoms with Crippen molar-refractivity contribution in [3.8, 4) is 0 Å². The first-order valence-corrected chi connectivity index (χ1v) is 8.70. The second kappa shape index (κ2) is 14.6. The highest BCUT2D eigenvalue weighted by atomic mass is 16.4. The van der Waals surface area contributed by atoms with E-state index >= 15 is 0 Å². The number of carboxylic acid groups (broad SMARTS) is 2. The quantitative estimate of drug-likeness (QED) is 0.253. The number of hydrogen-bond acceptors (Lipinski definition) is 2. The van der Waals surface area contributed by atoms with E-state index in [9.17, 15) is 9.59 Å². The topological polar surface area (TPSA) is 74.6 Å². The zero-order chi connectivity index (χ0) is 16.6. The molecule has 0 aromatic carbocycles. The second-order valence-electron chi connectivity index (χ2n) is 5.91. The van der Waals surface area contributed by atoms with E-state index in [2.05, 4.69) is 6.92 Å². The molecule has 0 saturated heterocycles. The van der Waals surface area contributed by atoms with Crippen molar-refractivity contribution in [2.24, 2.45) is 5.92 Å². The van der Waals surface area contributed by atoms with Gasteiger partial charge >= 0.3 is 11.9 Å². The Balaban J connectivity index is 3.40. The molecule has 0 bridgehead atoms. The molecule has 4 heteroatoms. The molecule has 0 radical (unpaired) electrons. The lowest BCUT2D eigenvalue weighted by Gasteiger charge is -2.03. The van der Waals surface area contributed by atoms with E-state index in [4.69, 9.17) is 10.2 Å². The van der Waals surface area contributed by atoms with Gasteiger partial charge in [0.1, 0.15) is 0 Å². The van der Waals surface area contributed by atoms with Crippen molar-refractivity contribution in [1.82, 2.24) is 0 Å². The minimum absolute atomic E-state index is 0.0719. The molecule has 0 rings (SSSR count). The number of carbonyl (C=O) groups is 2. The SMILES string of the molecule is CCCCCCCCCCCC/C=C\CC(C(=O)O)C(=O)O. The summed E-state index contributed by atoms with van der Waals surface area (Å²) in [5.41, 5.74) is 0. The third-order valence-electron chi connectivity index (χ3n) is 3.86. The van der Waals surface area contributed by atoms with E-state index in [-0.39, 0.29) is 6.42 Å². The van der Waals surface area contributed by atoms with Gasteiger partial charge in [0.25, 0.3) is 0 Å². The molecule has 0 heterocycles. The molecule has 0 aliphatic rings. The maximum atomic E-state index is 10.7. The van der Waals surface area contributed by atoms with Gasteiger partial charge in [-0.1, -0.05) is 76.9 Å². The van der Waals surface area contributed by atoms with Crippen LogP contribution in [-0.2, 0) is 9.59 Å². The van der Waals surface area contributed by atoms with Gasteiger partial charge in [-0.2, -0.15) is 0 Å². The Labute approximate surface area is 134 Å². The molecule has 0 fully saturated rings. The molecule has 4 nitrogen and oxygen atoms in total. The molecule has 0 spiro atoms. The number of unbranched alkanes of at least 4 members (excludes halogenated alkanes) is 10. The van der Waals surface area contributed by atoms with E-state index < -0.39 is 17.9 Å². The number of carboxylic acids is 2. The number of aliphatic carboxylic acids is 2. The molecule has 128 valence electrons. The summed E-state index contributed by atoms with van der Waals surface area (Å²) in [6, 6.07) is 0. The average Bonchev–Trinajstić information content (AvgIpc) is 2.46. The fourth-order valence-electron chi connectivity index (χ4n) is 2.41. The highest BCUT2D eigenvalue weighted by molar-refractivity contribution is 5.92. The summed E-state index contributed by atoms with van der Waals surface area (Å²) in [7, 11) is 0. The van der Waals surface area contributed by atoms with Gasteiger partial charge in [-0.05, 0) is 19.3 Å². The van der Waals surface area contributed by atoms with Crippen LogP contribution in [0.15, 0.2) is 12.2 Å². The Bertz CT molecular complexity index is 309. The van der Waals surface area contributed by atoms with Crippen LogP contribution in [0.4, 0.5) is 0 Å². The average molecular weight is 312 g/mol. The van der Waals surface area contributed by atoms with Gasteiger partial charge in [-0.3, -0.25) is 9.59 Å². The first-order chi connectivity index (χ1) is 10.6. The van der Waals surface area contributed by atoms with Gasteiger partial charge in [0, 0.05) is 0 Å². The third-order valence-corrected chi connectivity index (χ3v) is 3.86. The van der Waals surface area contributed by atoms with Crippen molar-refractivity contribution in [3.63, 3.8) is 0 Å². The maximum Gasteiger partial charge on any atom is 0.318 e. The van der Waals surface area contributed by atoms with Gasteiger partial charge < -0.3 is 10.2 Å². The van der Waals surface area contributed by atoms with Crippen molar-refractivity contribution >= 4 is 11.9 Å². The van der Waals surface area contributed by atoms with Crippen molar-refractivity contribution in [2.75, 3.05) is 0 Å². The molecule has 0 amide bonds. The van der Waals surface area contributed by atoms with Crippen LogP contribution in [0.3, 0.4) is 0 Å². The van der Waals surface area contributed by atoms with Gasteiger partial charge in [0.05, 0.1) is 0 Å². The van der Waals surface area contributed by atoms with Crippen molar-refractivity contribution < 1.29 is 19.8 Å². The number of rotatable bonds is 15. The van der Waals surface area contributed by atoms with E-state index in [0.29, 0.717) is 0 Å². The summed E-state index contributed by atoms with van der Waals surface area (Å²) in [6.07, 6.45) is 17.5. The fourth-order valence-corrected chi connectivity index (χ4v) is 2.41. The van der Waals surface area contributed by atoms with Crippen LogP contribution >= 0.6 is 0 Å². The highest BCUT2D eigenvalue weighted by Gasteiger charge is 2.23. The zero-order valence-corrected chi connectivity index (χ0v) is 13.9. The first-order valence-electron chi connectivity index (χ1n) is 8.70. The van der Waals surface area contributed by atoms with Crippen LogP contribution in [0.1, 0.15) is 84.0 Å². The second-order valence-corrected chi connectivity index (χ2v) is 5.91. The van der Waals surface area contributed by atoms with Crippen molar-refractivity contribution in [1.29, 1.82) is 0 Å². The Hall–Kier alpha value is -1.32. The molecule has 0 aliphatic carbocycles. The van der Waals surface area contributed by atoms with E-state index in [1.807, 2.05) is 6.08 Å². The van der Waals surface area contributed by atoms with Crippen LogP contribution < -0.4 is 0 Å². The predicted octanol–water partition coefficient (Wildman–Crippen LogP) is 5.03. The highest BCUT2D eigenvalue weighted by Crippen LogP contribution is 2.12. The summed E-state index contributed by atoms with van der Waals surface area (Å²) >= 11 is 0. The lowest BCUT2D eigenvalue weighted by molar-refractivity contribution is -0.154. The summed E-state index contributed by atoms with van der Waals surface area (Å²) in [6.45, 7) is 2.23. The number of allylic oxidation sites excluding steroid dienone is 2. The van der Waals surface area contributed by atoms with E-state index in [0.717, 1.165) is 12.8 Å². The zero-order valence-electron chi connectivity index (χ0n) is 13.9. The smallest absolute Gasteiger partial charge is 0.318 e. The van der Waals surface area contributed by atoms with Crippen LogP contribution in [-0.4, -0.2) is 22.2 Å². The first kappa shape index (κ1) is 20.7. The van der Waals surface area contributed by atoms with Gasteiger partial charge in [0.15, 0.2) is 5.92 Å². The monoisotopic (exact) mass is 312 g/mol. The van der Waals surface area contributed by atoms with Crippen molar-refractivity contribution in [2.45, 2.75) is 84.0 Å². The predicted molar refractivity (Wildman–Crippen MR) is 89.0 cm³/mol. The molecule has 0 aromatic rings. The van der Waals surface area contributed by atoms with E-state index in [1.165, 1.54) is 57.8 Å². The summed E-state index contributed by atoms with van der Waals surface area (Å²) in [5, 5.41) is 17.4. The maximum absolute atomic E-state index is 10.7. The van der Waals surface area contributed by atoms with Gasteiger partial charge in [-0.15, -0.1) is 0 Å². The molecule has 22 heavy (non-hydrogen) atoms. The van der Waals surface area contributed by atoms with Gasteiger partial charge in [-0.25, -0.2) is 0 Å². The lowest BCUT2D eigenvalue weighted by Crippen LogP contribution is -2.22. The van der Waals surface area contributed by atoms with Crippen LogP contribution in [0, 0.1) is 5.92 Å². The molecule has 0 aliphatic heterocycles. The Kier molecular flexibility index (Phi) is 13.7. The Morgan fingerprint density at radius 3 is 1.68 bits per heavy atom. The molecular weight excluding hydrogens is 280 g/mol. The fraction of sp³-hybridized carbons (Fsp3) is 0.778. The largest absolute Gasteiger partial charge is 0.481 e. The molecule has 0 aromatic heterocycles. The Morgan fingerprint density at radius 1 is 0.773 bits per heavy atom. The summed E-state index contributed by atoms with van der Waals surface area (Å²) < 4.78 is 0. The summed E-state index contributed by atoms with van der Waals surface area (Å²) in [4.78, 5) is 21.4. The van der Waals surface area contributed by atoms with Gasteiger partial charge in [0.2, 0.25) is 0 Å². The van der Waals surface area contributed by atoms with Crippen LogP contribution in [0.2, 0.25) is 0 Å². The lowest BCUT2D eigenvalue weighted by atomic mass is 10.0. The molecular formula is C18H32O4. The summed E-state index contributed by atoms with van der Waals surface area (Å²) in [5.74, 6) is -3.85. The van der Waals surface area contributed by atoms with E-state index in [1.54, 1.807) is 6.08 Å². The Morgan fingerprint density at radius 2 is 1.23 bits per heavy atom. The normalized spacial score (nSPS) is 11.4. The minimum Gasteiger partial charge on any atom is -0.481 e. The molecule has 0 unspecified atom stereocenters. The standard InChI is InChI=1S/C18H32O4/c1-2-3-4-5-6-7-8-9-10-11-12-13-14-15-16(17(19)20)18(21)22/h13-14,16H,2-12,15H2,1H3,(H,19,20)(H,21,22)/b14-13-. The number of hydrogen-bond donors (Lipinski definition) is 2. The van der Waals surface area contributed by atoms with Crippen LogP contribution in [0.25, 0.3) is 0 Å².